The average molecular weight is 268 g/mol. The summed E-state index contributed by atoms with van der Waals surface area (Å²) in [7, 11) is 1.75. The van der Waals surface area contributed by atoms with Crippen LogP contribution in [0.3, 0.4) is 0 Å². The molecule has 1 aromatic rings. The Hall–Kier alpha value is -1.50. The number of hydrogen-bond acceptors (Lipinski definition) is 6. The Kier molecular flexibility index (Phi) is 4.24. The first kappa shape index (κ1) is 12.9. The van der Waals surface area contributed by atoms with Crippen LogP contribution in [-0.4, -0.2) is 34.5 Å². The molecule has 0 unspecified atom stereocenters. The molecule has 0 amide bonds. The van der Waals surface area contributed by atoms with Crippen molar-refractivity contribution in [3.05, 3.63) is 22.2 Å². The van der Waals surface area contributed by atoms with Crippen molar-refractivity contribution >= 4 is 29.1 Å². The Bertz CT molecular complexity index is 435. The van der Waals surface area contributed by atoms with E-state index >= 15 is 0 Å². The molecule has 0 aliphatic carbocycles. The summed E-state index contributed by atoms with van der Waals surface area (Å²) in [5, 5.41) is 17.1. The number of rotatable bonds is 4. The summed E-state index contributed by atoms with van der Waals surface area (Å²) in [4.78, 5) is 14.8. The van der Waals surface area contributed by atoms with E-state index in [4.69, 9.17) is 0 Å². The molecule has 18 heavy (non-hydrogen) atoms. The minimum Gasteiger partial charge on any atom is -0.373 e. The Balaban J connectivity index is 2.19. The molecule has 98 valence electrons. The summed E-state index contributed by atoms with van der Waals surface area (Å²) in [6, 6.07) is 3.38. The van der Waals surface area contributed by atoms with Gasteiger partial charge in [-0.3, -0.25) is 10.1 Å². The highest BCUT2D eigenvalue weighted by Crippen LogP contribution is 2.27. The highest BCUT2D eigenvalue weighted by Gasteiger charge is 2.20. The maximum atomic E-state index is 11.0. The molecular weight excluding hydrogens is 252 g/mol. The predicted octanol–water partition coefficient (Wildman–Crippen LogP) is 2.34. The highest BCUT2D eigenvalue weighted by atomic mass is 32.2. The topological polar surface area (TPSA) is 80.1 Å². The zero-order chi connectivity index (χ0) is 13.0. The van der Waals surface area contributed by atoms with E-state index in [2.05, 4.69) is 15.6 Å². The van der Waals surface area contributed by atoms with Crippen molar-refractivity contribution in [1.82, 2.24) is 4.98 Å². The van der Waals surface area contributed by atoms with E-state index in [0.29, 0.717) is 11.6 Å². The van der Waals surface area contributed by atoms with Gasteiger partial charge >= 0.3 is 5.69 Å². The number of hydrogen-bond donors (Lipinski definition) is 2. The van der Waals surface area contributed by atoms with Crippen LogP contribution in [0.25, 0.3) is 0 Å². The quantitative estimate of drug-likeness (QED) is 0.644. The number of nitrogens with zero attached hydrogens (tertiary/aromatic N) is 2. The molecule has 0 aromatic carbocycles. The van der Waals surface area contributed by atoms with Crippen LogP contribution in [0.1, 0.15) is 12.8 Å². The Morgan fingerprint density at radius 3 is 2.78 bits per heavy atom. The van der Waals surface area contributed by atoms with Gasteiger partial charge in [-0.05, 0) is 30.4 Å². The van der Waals surface area contributed by atoms with Gasteiger partial charge in [-0.15, -0.1) is 0 Å². The molecule has 0 bridgehead atoms. The SMILES string of the molecule is CNc1ccc([N+](=O)[O-])c(NC2CCSCC2)n1. The lowest BCUT2D eigenvalue weighted by molar-refractivity contribution is -0.384. The molecule has 1 aliphatic heterocycles. The normalized spacial score (nSPS) is 16.3. The third-order valence-electron chi connectivity index (χ3n) is 2.89. The second-order valence-electron chi connectivity index (χ2n) is 4.10. The van der Waals surface area contributed by atoms with E-state index < -0.39 is 4.92 Å². The van der Waals surface area contributed by atoms with Crippen molar-refractivity contribution < 1.29 is 4.92 Å². The van der Waals surface area contributed by atoms with Crippen LogP contribution >= 0.6 is 11.8 Å². The van der Waals surface area contributed by atoms with Crippen molar-refractivity contribution in [1.29, 1.82) is 0 Å². The van der Waals surface area contributed by atoms with Crippen molar-refractivity contribution in [2.24, 2.45) is 0 Å². The molecular formula is C11H16N4O2S. The van der Waals surface area contributed by atoms with Crippen molar-refractivity contribution in [2.45, 2.75) is 18.9 Å². The minimum atomic E-state index is -0.396. The summed E-state index contributed by atoms with van der Waals surface area (Å²) < 4.78 is 0. The number of thioether (sulfide) groups is 1. The summed E-state index contributed by atoms with van der Waals surface area (Å²) in [5.41, 5.74) is 0.0345. The summed E-state index contributed by atoms with van der Waals surface area (Å²) >= 11 is 1.92. The van der Waals surface area contributed by atoms with E-state index in [9.17, 15) is 10.1 Å². The van der Waals surface area contributed by atoms with E-state index in [-0.39, 0.29) is 11.7 Å². The highest BCUT2D eigenvalue weighted by molar-refractivity contribution is 7.99. The largest absolute Gasteiger partial charge is 0.373 e. The van der Waals surface area contributed by atoms with Crippen LogP contribution in [-0.2, 0) is 0 Å². The van der Waals surface area contributed by atoms with Gasteiger partial charge < -0.3 is 10.6 Å². The fraction of sp³-hybridized carbons (Fsp3) is 0.545. The number of anilines is 2. The third kappa shape index (κ3) is 3.04. The molecule has 6 nitrogen and oxygen atoms in total. The van der Waals surface area contributed by atoms with Crippen LogP contribution in [0.15, 0.2) is 12.1 Å². The van der Waals surface area contributed by atoms with E-state index in [1.807, 2.05) is 11.8 Å². The Morgan fingerprint density at radius 1 is 1.44 bits per heavy atom. The molecule has 2 N–H and O–H groups in total. The molecule has 1 aliphatic rings. The minimum absolute atomic E-state index is 0.0345. The van der Waals surface area contributed by atoms with Gasteiger partial charge in [-0.2, -0.15) is 11.8 Å². The van der Waals surface area contributed by atoms with Gasteiger partial charge in [0.25, 0.3) is 0 Å². The fourth-order valence-corrected chi connectivity index (χ4v) is 2.99. The first-order valence-electron chi connectivity index (χ1n) is 5.88. The van der Waals surface area contributed by atoms with E-state index in [1.54, 1.807) is 13.1 Å². The van der Waals surface area contributed by atoms with Gasteiger partial charge in [-0.25, -0.2) is 4.98 Å². The molecule has 0 spiro atoms. The second kappa shape index (κ2) is 5.90. The van der Waals surface area contributed by atoms with Gasteiger partial charge in [0, 0.05) is 19.2 Å². The Morgan fingerprint density at radius 2 is 2.17 bits per heavy atom. The number of aromatic nitrogens is 1. The molecule has 1 fully saturated rings. The number of nitrogens with one attached hydrogen (secondary N) is 2. The second-order valence-corrected chi connectivity index (χ2v) is 5.33. The summed E-state index contributed by atoms with van der Waals surface area (Å²) in [6.45, 7) is 0. The molecule has 7 heteroatoms. The molecule has 0 radical (unpaired) electrons. The lowest BCUT2D eigenvalue weighted by Crippen LogP contribution is -2.25. The van der Waals surface area contributed by atoms with Crippen LogP contribution < -0.4 is 10.6 Å². The standard InChI is InChI=1S/C11H16N4O2S/c1-12-10-3-2-9(15(16)17)11(14-10)13-8-4-6-18-7-5-8/h2-3,8H,4-7H2,1H3,(H2,12,13,14). The summed E-state index contributed by atoms with van der Waals surface area (Å²) in [5.74, 6) is 3.19. The van der Waals surface area contributed by atoms with Crippen molar-refractivity contribution in [3.63, 3.8) is 0 Å². The van der Waals surface area contributed by atoms with Gasteiger partial charge in [-0.1, -0.05) is 0 Å². The van der Waals surface area contributed by atoms with Crippen molar-refractivity contribution in [2.75, 3.05) is 29.2 Å². The smallest absolute Gasteiger partial charge is 0.311 e. The number of pyridine rings is 1. The monoisotopic (exact) mass is 268 g/mol. The van der Waals surface area contributed by atoms with Gasteiger partial charge in [0.1, 0.15) is 5.82 Å². The first-order valence-corrected chi connectivity index (χ1v) is 7.03. The van der Waals surface area contributed by atoms with E-state index in [0.717, 1.165) is 24.3 Å². The third-order valence-corrected chi connectivity index (χ3v) is 3.94. The average Bonchev–Trinajstić information content (AvgIpc) is 2.39. The molecule has 0 saturated carbocycles. The Labute approximate surface area is 110 Å². The first-order chi connectivity index (χ1) is 8.70. The zero-order valence-electron chi connectivity index (χ0n) is 10.2. The number of nitro groups is 1. The lowest BCUT2D eigenvalue weighted by atomic mass is 10.1. The maximum Gasteiger partial charge on any atom is 0.311 e. The van der Waals surface area contributed by atoms with E-state index in [1.165, 1.54) is 6.07 Å². The van der Waals surface area contributed by atoms with Crippen molar-refractivity contribution in [3.8, 4) is 0 Å². The molecule has 2 rings (SSSR count). The van der Waals surface area contributed by atoms with Crippen LogP contribution in [0, 0.1) is 10.1 Å². The van der Waals surface area contributed by atoms with Crippen LogP contribution in [0.4, 0.5) is 17.3 Å². The molecule has 0 atom stereocenters. The predicted molar refractivity (Wildman–Crippen MR) is 74.4 cm³/mol. The summed E-state index contributed by atoms with van der Waals surface area (Å²) in [6.07, 6.45) is 2.04. The fourth-order valence-electron chi connectivity index (χ4n) is 1.88. The molecule has 1 saturated heterocycles. The lowest BCUT2D eigenvalue weighted by Gasteiger charge is -2.23. The van der Waals surface area contributed by atoms with Gasteiger partial charge in [0.15, 0.2) is 0 Å². The van der Waals surface area contributed by atoms with Gasteiger partial charge in [0.05, 0.1) is 4.92 Å². The van der Waals surface area contributed by atoms with Gasteiger partial charge in [0.2, 0.25) is 5.82 Å². The molecule has 1 aromatic heterocycles. The maximum absolute atomic E-state index is 11.0. The van der Waals surface area contributed by atoms with Crippen LogP contribution in [0.2, 0.25) is 0 Å². The molecule has 2 heterocycles. The zero-order valence-corrected chi connectivity index (χ0v) is 11.0. The van der Waals surface area contributed by atoms with Crippen LogP contribution in [0.5, 0.6) is 0 Å².